The molecule has 1 aliphatic rings. The number of carboxylic acids is 1. The summed E-state index contributed by atoms with van der Waals surface area (Å²) in [5, 5.41) is 8.61. The number of carboxylic acid groups (broad SMARTS) is 1. The van der Waals surface area contributed by atoms with Crippen molar-refractivity contribution < 1.29 is 14.6 Å². The summed E-state index contributed by atoms with van der Waals surface area (Å²) in [5.74, 6) is -0.705. The Morgan fingerprint density at radius 3 is 2.84 bits per heavy atom. The molecule has 1 aliphatic heterocycles. The van der Waals surface area contributed by atoms with Crippen molar-refractivity contribution in [2.24, 2.45) is 0 Å². The highest BCUT2D eigenvalue weighted by atomic mass is 16.5. The van der Waals surface area contributed by atoms with Crippen molar-refractivity contribution in [1.82, 2.24) is 4.90 Å². The van der Waals surface area contributed by atoms with Gasteiger partial charge in [0.15, 0.2) is 0 Å². The molecular weight excluding hydrogens is 242 g/mol. The number of ether oxygens (including phenoxy) is 1. The maximum Gasteiger partial charge on any atom is 0.303 e. The third-order valence-corrected chi connectivity index (χ3v) is 3.44. The number of nitrogens with zero attached hydrogens (tertiary/aromatic N) is 1. The highest BCUT2D eigenvalue weighted by Gasteiger charge is 2.21. The summed E-state index contributed by atoms with van der Waals surface area (Å²) in [4.78, 5) is 12.8. The van der Waals surface area contributed by atoms with Gasteiger partial charge in [0.2, 0.25) is 0 Å². The second-order valence-corrected chi connectivity index (χ2v) is 4.92. The number of benzene rings is 1. The topological polar surface area (TPSA) is 49.8 Å². The minimum Gasteiger partial charge on any atom is -0.481 e. The molecule has 0 amide bonds. The van der Waals surface area contributed by atoms with E-state index in [1.165, 1.54) is 5.56 Å². The number of carbonyl (C=O) groups is 1. The molecule has 104 valence electrons. The number of hydrogen-bond donors (Lipinski definition) is 1. The van der Waals surface area contributed by atoms with Gasteiger partial charge in [0.1, 0.15) is 0 Å². The van der Waals surface area contributed by atoms with Crippen LogP contribution in [0.25, 0.3) is 0 Å². The van der Waals surface area contributed by atoms with E-state index in [-0.39, 0.29) is 12.5 Å². The maximum atomic E-state index is 10.5. The molecule has 1 N–H and O–H groups in total. The van der Waals surface area contributed by atoms with Gasteiger partial charge in [-0.25, -0.2) is 0 Å². The average molecular weight is 263 g/mol. The van der Waals surface area contributed by atoms with Crippen LogP contribution in [0.1, 0.15) is 30.9 Å². The summed E-state index contributed by atoms with van der Waals surface area (Å²) in [6, 6.07) is 10.3. The Bertz CT molecular complexity index is 394. The molecule has 0 radical (unpaired) electrons. The van der Waals surface area contributed by atoms with Gasteiger partial charge in [0.05, 0.1) is 12.7 Å². The number of hydrogen-bond acceptors (Lipinski definition) is 3. The minimum absolute atomic E-state index is 0.148. The van der Waals surface area contributed by atoms with Crippen molar-refractivity contribution in [3.8, 4) is 0 Å². The lowest BCUT2D eigenvalue weighted by molar-refractivity contribution is -0.137. The van der Waals surface area contributed by atoms with Crippen LogP contribution in [-0.2, 0) is 9.53 Å². The summed E-state index contributed by atoms with van der Waals surface area (Å²) >= 11 is 0. The molecule has 1 heterocycles. The zero-order valence-corrected chi connectivity index (χ0v) is 11.1. The first kappa shape index (κ1) is 14.0. The van der Waals surface area contributed by atoms with Crippen LogP contribution in [0.2, 0.25) is 0 Å². The Morgan fingerprint density at radius 2 is 2.11 bits per heavy atom. The maximum absolute atomic E-state index is 10.5. The molecule has 0 spiro atoms. The fourth-order valence-corrected chi connectivity index (χ4v) is 2.39. The quantitative estimate of drug-likeness (QED) is 0.800. The van der Waals surface area contributed by atoms with E-state index < -0.39 is 5.97 Å². The fourth-order valence-electron chi connectivity index (χ4n) is 2.39. The van der Waals surface area contributed by atoms with Gasteiger partial charge in [-0.1, -0.05) is 30.3 Å². The molecule has 0 bridgehead atoms. The number of aliphatic carboxylic acids is 1. The van der Waals surface area contributed by atoms with Gasteiger partial charge in [0.25, 0.3) is 0 Å². The molecule has 1 saturated heterocycles. The molecule has 1 aromatic carbocycles. The fraction of sp³-hybridized carbons (Fsp3) is 0.533. The molecule has 0 aliphatic carbocycles. The molecule has 1 unspecified atom stereocenters. The second kappa shape index (κ2) is 7.26. The van der Waals surface area contributed by atoms with Crippen molar-refractivity contribution in [1.29, 1.82) is 0 Å². The smallest absolute Gasteiger partial charge is 0.303 e. The van der Waals surface area contributed by atoms with Gasteiger partial charge in [-0.2, -0.15) is 0 Å². The first-order chi connectivity index (χ1) is 9.25. The number of rotatable bonds is 6. The lowest BCUT2D eigenvalue weighted by Crippen LogP contribution is -2.38. The third-order valence-electron chi connectivity index (χ3n) is 3.44. The lowest BCUT2D eigenvalue weighted by atomic mass is 10.1. The van der Waals surface area contributed by atoms with E-state index in [1.807, 2.05) is 18.2 Å². The molecule has 1 atom stereocenters. The van der Waals surface area contributed by atoms with Crippen LogP contribution in [0.15, 0.2) is 30.3 Å². The highest BCUT2D eigenvalue weighted by Crippen LogP contribution is 2.22. The molecule has 2 rings (SSSR count). The Labute approximate surface area is 114 Å². The molecule has 1 aromatic rings. The van der Waals surface area contributed by atoms with Crippen molar-refractivity contribution in [2.75, 3.05) is 26.2 Å². The molecule has 0 saturated carbocycles. The van der Waals surface area contributed by atoms with Crippen LogP contribution in [0.3, 0.4) is 0 Å². The summed E-state index contributed by atoms with van der Waals surface area (Å²) in [6.45, 7) is 3.55. The van der Waals surface area contributed by atoms with E-state index in [2.05, 4.69) is 17.0 Å². The van der Waals surface area contributed by atoms with E-state index in [9.17, 15) is 4.79 Å². The van der Waals surface area contributed by atoms with Crippen molar-refractivity contribution in [3.05, 3.63) is 35.9 Å². The standard InChI is InChI=1S/C15H21NO3/c17-15(18)8-4-5-9-16-10-11-19-14(12-16)13-6-2-1-3-7-13/h1-3,6-7,14H,4-5,8-12H2,(H,17,18). The van der Waals surface area contributed by atoms with Crippen molar-refractivity contribution in [3.63, 3.8) is 0 Å². The predicted molar refractivity (Wildman–Crippen MR) is 73.1 cm³/mol. The van der Waals surface area contributed by atoms with E-state index in [1.54, 1.807) is 0 Å². The minimum atomic E-state index is -0.705. The first-order valence-electron chi connectivity index (χ1n) is 6.86. The van der Waals surface area contributed by atoms with Crippen LogP contribution in [-0.4, -0.2) is 42.2 Å². The van der Waals surface area contributed by atoms with Crippen LogP contribution >= 0.6 is 0 Å². The average Bonchev–Trinajstić information content (AvgIpc) is 2.45. The summed E-state index contributed by atoms with van der Waals surface area (Å²) in [5.41, 5.74) is 1.22. The van der Waals surface area contributed by atoms with E-state index >= 15 is 0 Å². The predicted octanol–water partition coefficient (Wildman–Crippen LogP) is 2.31. The van der Waals surface area contributed by atoms with Crippen molar-refractivity contribution in [2.45, 2.75) is 25.4 Å². The molecule has 4 nitrogen and oxygen atoms in total. The highest BCUT2D eigenvalue weighted by molar-refractivity contribution is 5.66. The van der Waals surface area contributed by atoms with Crippen LogP contribution in [0.4, 0.5) is 0 Å². The summed E-state index contributed by atoms with van der Waals surface area (Å²) in [6.07, 6.45) is 2.11. The van der Waals surface area contributed by atoms with E-state index in [0.29, 0.717) is 0 Å². The summed E-state index contributed by atoms with van der Waals surface area (Å²) < 4.78 is 5.80. The number of unbranched alkanes of at least 4 members (excludes halogenated alkanes) is 1. The molecule has 19 heavy (non-hydrogen) atoms. The molecular formula is C15H21NO3. The van der Waals surface area contributed by atoms with Crippen LogP contribution in [0, 0.1) is 0 Å². The molecule has 1 fully saturated rings. The van der Waals surface area contributed by atoms with Gasteiger partial charge >= 0.3 is 5.97 Å². The Hall–Kier alpha value is -1.39. The van der Waals surface area contributed by atoms with Crippen LogP contribution in [0.5, 0.6) is 0 Å². The van der Waals surface area contributed by atoms with E-state index in [0.717, 1.165) is 39.1 Å². The SMILES string of the molecule is O=C(O)CCCCN1CCOC(c2ccccc2)C1. The number of morpholine rings is 1. The Morgan fingerprint density at radius 1 is 1.32 bits per heavy atom. The first-order valence-corrected chi connectivity index (χ1v) is 6.86. The largest absolute Gasteiger partial charge is 0.481 e. The third kappa shape index (κ3) is 4.65. The van der Waals surface area contributed by atoms with Crippen LogP contribution < -0.4 is 0 Å². The molecule has 0 aromatic heterocycles. The summed E-state index contributed by atoms with van der Waals surface area (Å²) in [7, 11) is 0. The molecule has 4 heteroatoms. The zero-order chi connectivity index (χ0) is 13.5. The lowest BCUT2D eigenvalue weighted by Gasteiger charge is -2.33. The normalized spacial score (nSPS) is 20.3. The zero-order valence-electron chi connectivity index (χ0n) is 11.1. The Kier molecular flexibility index (Phi) is 5.36. The van der Waals surface area contributed by atoms with Gasteiger partial charge in [0, 0.05) is 19.5 Å². The van der Waals surface area contributed by atoms with Gasteiger partial charge in [-0.3, -0.25) is 9.69 Å². The van der Waals surface area contributed by atoms with Crippen molar-refractivity contribution >= 4 is 5.97 Å². The van der Waals surface area contributed by atoms with Gasteiger partial charge in [-0.05, 0) is 24.9 Å². The monoisotopic (exact) mass is 263 g/mol. The van der Waals surface area contributed by atoms with E-state index in [4.69, 9.17) is 9.84 Å². The second-order valence-electron chi connectivity index (χ2n) is 4.92. The van der Waals surface area contributed by atoms with Gasteiger partial charge < -0.3 is 9.84 Å². The Balaban J connectivity index is 1.76. The van der Waals surface area contributed by atoms with Gasteiger partial charge in [-0.15, -0.1) is 0 Å².